The minimum Gasteiger partial charge on any atom is -0.412 e. The van der Waals surface area contributed by atoms with Gasteiger partial charge in [-0.15, -0.1) is 24.8 Å². The van der Waals surface area contributed by atoms with Gasteiger partial charge in [0.1, 0.15) is 6.33 Å². The van der Waals surface area contributed by atoms with E-state index in [4.69, 9.17) is 5.73 Å². The number of primary amides is 1. The molecule has 7 heteroatoms. The van der Waals surface area contributed by atoms with E-state index in [9.17, 15) is 4.79 Å². The van der Waals surface area contributed by atoms with Gasteiger partial charge >= 0.3 is 0 Å². The van der Waals surface area contributed by atoms with Crippen LogP contribution in [-0.2, 0) is 0 Å². The van der Waals surface area contributed by atoms with Crippen LogP contribution in [0.15, 0.2) is 18.7 Å². The van der Waals surface area contributed by atoms with E-state index in [2.05, 4.69) is 9.97 Å². The Morgan fingerprint density at radius 3 is 1.92 bits per heavy atom. The third-order valence-corrected chi connectivity index (χ3v) is 0.845. The molecule has 0 aromatic carbocycles. The predicted molar refractivity (Wildman–Crippen MR) is 48.7 cm³/mol. The second-order valence-corrected chi connectivity index (χ2v) is 1.49. The summed E-state index contributed by atoms with van der Waals surface area (Å²) in [6.07, 6.45) is 4.08. The van der Waals surface area contributed by atoms with Gasteiger partial charge in [-0.25, -0.2) is 9.97 Å². The summed E-state index contributed by atoms with van der Waals surface area (Å²) in [6, 6.07) is 0. The maximum atomic E-state index is 10.3. The lowest BCUT2D eigenvalue weighted by Crippen LogP contribution is -2.11. The van der Waals surface area contributed by atoms with Crippen molar-refractivity contribution in [2.24, 2.45) is 5.73 Å². The van der Waals surface area contributed by atoms with E-state index in [1.165, 1.54) is 18.7 Å². The zero-order chi connectivity index (χ0) is 6.69. The van der Waals surface area contributed by atoms with Crippen LogP contribution in [0.1, 0.15) is 10.4 Å². The smallest absolute Gasteiger partial charge is 0.251 e. The molecule has 12 heavy (non-hydrogen) atoms. The standard InChI is InChI=1S/C5H5N3O.2ClH.H2O/c6-5(9)4-1-7-3-8-2-4;;;/h1-3H,(H2,6,9);2*1H;1H2. The first kappa shape index (κ1) is 17.3. The Labute approximate surface area is 81.5 Å². The lowest BCUT2D eigenvalue weighted by molar-refractivity contribution is 0.0999. The Morgan fingerprint density at radius 2 is 1.67 bits per heavy atom. The molecule has 0 aliphatic carbocycles. The van der Waals surface area contributed by atoms with Crippen LogP contribution >= 0.6 is 24.8 Å². The average molecular weight is 214 g/mol. The fourth-order valence-corrected chi connectivity index (χ4v) is 0.426. The summed E-state index contributed by atoms with van der Waals surface area (Å²) in [5, 5.41) is 0. The van der Waals surface area contributed by atoms with Crippen LogP contribution in [0.2, 0.25) is 0 Å². The van der Waals surface area contributed by atoms with Crippen LogP contribution in [-0.4, -0.2) is 21.4 Å². The number of carbonyl (C=O) groups is 1. The zero-order valence-corrected chi connectivity index (χ0v) is 7.56. The summed E-state index contributed by atoms with van der Waals surface area (Å²) in [6.45, 7) is 0. The minimum atomic E-state index is -0.504. The maximum absolute atomic E-state index is 10.3. The van der Waals surface area contributed by atoms with E-state index in [0.29, 0.717) is 5.56 Å². The average Bonchev–Trinajstić information content (AvgIpc) is 1.90. The Bertz CT molecular complexity index is 219. The highest BCUT2D eigenvalue weighted by Gasteiger charge is 1.96. The number of halogens is 2. The molecule has 0 atom stereocenters. The van der Waals surface area contributed by atoms with Gasteiger partial charge in [0.05, 0.1) is 5.56 Å². The molecular formula is C5H9Cl2N3O2. The quantitative estimate of drug-likeness (QED) is 0.687. The summed E-state index contributed by atoms with van der Waals surface area (Å²) in [5.41, 5.74) is 5.23. The van der Waals surface area contributed by atoms with Gasteiger partial charge in [-0.3, -0.25) is 4.79 Å². The molecule has 0 radical (unpaired) electrons. The number of aromatic nitrogens is 2. The normalized spacial score (nSPS) is 6.67. The SMILES string of the molecule is Cl.Cl.NC(=O)c1cncnc1.O. The van der Waals surface area contributed by atoms with Crippen LogP contribution < -0.4 is 5.73 Å². The lowest BCUT2D eigenvalue weighted by atomic mass is 10.3. The first-order valence-electron chi connectivity index (χ1n) is 2.35. The molecule has 0 saturated heterocycles. The summed E-state index contributed by atoms with van der Waals surface area (Å²) in [4.78, 5) is 17.5. The number of hydrogen-bond acceptors (Lipinski definition) is 3. The van der Waals surface area contributed by atoms with Crippen molar-refractivity contribution in [1.82, 2.24) is 9.97 Å². The van der Waals surface area contributed by atoms with Crippen molar-refractivity contribution in [2.45, 2.75) is 0 Å². The molecule has 0 aliphatic heterocycles. The maximum Gasteiger partial charge on any atom is 0.251 e. The van der Waals surface area contributed by atoms with Crippen molar-refractivity contribution in [3.63, 3.8) is 0 Å². The van der Waals surface area contributed by atoms with Crippen molar-refractivity contribution < 1.29 is 10.3 Å². The molecule has 1 heterocycles. The highest BCUT2D eigenvalue weighted by atomic mass is 35.5. The fraction of sp³-hybridized carbons (Fsp3) is 0. The molecule has 1 aromatic rings. The molecule has 1 rings (SSSR count). The Kier molecular flexibility index (Phi) is 11.8. The highest BCUT2D eigenvalue weighted by Crippen LogP contribution is 1.87. The predicted octanol–water partition coefficient (Wildman–Crippen LogP) is -0.406. The summed E-state index contributed by atoms with van der Waals surface area (Å²) in [5.74, 6) is -0.504. The van der Waals surface area contributed by atoms with Gasteiger partial charge < -0.3 is 11.2 Å². The summed E-state index contributed by atoms with van der Waals surface area (Å²) < 4.78 is 0. The second-order valence-electron chi connectivity index (χ2n) is 1.49. The van der Waals surface area contributed by atoms with E-state index >= 15 is 0 Å². The molecule has 1 aromatic heterocycles. The van der Waals surface area contributed by atoms with Crippen LogP contribution in [0.5, 0.6) is 0 Å². The molecule has 4 N–H and O–H groups in total. The van der Waals surface area contributed by atoms with Crippen LogP contribution in [0, 0.1) is 0 Å². The molecular weight excluding hydrogens is 205 g/mol. The first-order valence-corrected chi connectivity index (χ1v) is 2.35. The van der Waals surface area contributed by atoms with Crippen molar-refractivity contribution in [2.75, 3.05) is 0 Å². The van der Waals surface area contributed by atoms with Crippen molar-refractivity contribution in [3.05, 3.63) is 24.3 Å². The third-order valence-electron chi connectivity index (χ3n) is 0.845. The highest BCUT2D eigenvalue weighted by molar-refractivity contribution is 5.91. The van der Waals surface area contributed by atoms with Gasteiger partial charge in [0.15, 0.2) is 0 Å². The Balaban J connectivity index is -0.000000270. The molecule has 0 bridgehead atoms. The number of amides is 1. The molecule has 0 fully saturated rings. The van der Waals surface area contributed by atoms with Crippen LogP contribution in [0.25, 0.3) is 0 Å². The lowest BCUT2D eigenvalue weighted by Gasteiger charge is -1.88. The van der Waals surface area contributed by atoms with E-state index in [1.807, 2.05) is 0 Å². The van der Waals surface area contributed by atoms with Crippen molar-refractivity contribution >= 4 is 30.7 Å². The van der Waals surface area contributed by atoms with Gasteiger partial charge in [0.2, 0.25) is 0 Å². The molecule has 0 spiro atoms. The number of rotatable bonds is 1. The molecule has 70 valence electrons. The molecule has 5 nitrogen and oxygen atoms in total. The van der Waals surface area contributed by atoms with Crippen LogP contribution in [0.4, 0.5) is 0 Å². The monoisotopic (exact) mass is 213 g/mol. The summed E-state index contributed by atoms with van der Waals surface area (Å²) >= 11 is 0. The third kappa shape index (κ3) is 4.84. The van der Waals surface area contributed by atoms with Gasteiger partial charge in [-0.1, -0.05) is 0 Å². The van der Waals surface area contributed by atoms with Crippen molar-refractivity contribution in [1.29, 1.82) is 0 Å². The van der Waals surface area contributed by atoms with Gasteiger partial charge in [0.25, 0.3) is 5.91 Å². The molecule has 0 aliphatic rings. The van der Waals surface area contributed by atoms with Crippen molar-refractivity contribution in [3.8, 4) is 0 Å². The van der Waals surface area contributed by atoms with Gasteiger partial charge in [-0.2, -0.15) is 0 Å². The molecule has 1 amide bonds. The van der Waals surface area contributed by atoms with Gasteiger partial charge in [0, 0.05) is 12.4 Å². The van der Waals surface area contributed by atoms with E-state index in [0.717, 1.165) is 0 Å². The number of nitrogens with two attached hydrogens (primary N) is 1. The molecule has 0 unspecified atom stereocenters. The topological polar surface area (TPSA) is 100 Å². The second kappa shape index (κ2) is 8.19. The van der Waals surface area contributed by atoms with Gasteiger partial charge in [-0.05, 0) is 0 Å². The van der Waals surface area contributed by atoms with E-state index < -0.39 is 5.91 Å². The number of carbonyl (C=O) groups excluding carboxylic acids is 1. The number of hydrogen-bond donors (Lipinski definition) is 1. The number of nitrogens with zero attached hydrogens (tertiary/aromatic N) is 2. The van der Waals surface area contributed by atoms with E-state index in [1.54, 1.807) is 0 Å². The largest absolute Gasteiger partial charge is 0.412 e. The van der Waals surface area contributed by atoms with E-state index in [-0.39, 0.29) is 30.3 Å². The Morgan fingerprint density at radius 1 is 1.25 bits per heavy atom. The molecule has 0 saturated carbocycles. The first-order chi connectivity index (χ1) is 4.30. The minimum absolute atomic E-state index is 0. The fourth-order valence-electron chi connectivity index (χ4n) is 0.426. The van der Waals surface area contributed by atoms with Crippen LogP contribution in [0.3, 0.4) is 0 Å². The Hall–Kier alpha value is -0.910. The summed E-state index contributed by atoms with van der Waals surface area (Å²) in [7, 11) is 0. The zero-order valence-electron chi connectivity index (χ0n) is 5.93.